The standard InChI is InChI=1S/C15H24N4O/c1-5-17-15(19-11(2)3)18-10-12-7-6-8-13(9-12)14(20)16-4/h6-9,11H,5,10H2,1-4H3,(H,16,20)(H2,17,18,19). The number of nitrogens with one attached hydrogen (secondary N) is 3. The van der Waals surface area contributed by atoms with Crippen LogP contribution in [0.1, 0.15) is 36.7 Å². The van der Waals surface area contributed by atoms with Crippen molar-refractivity contribution in [2.75, 3.05) is 13.6 Å². The predicted octanol–water partition coefficient (Wildman–Crippen LogP) is 1.51. The van der Waals surface area contributed by atoms with Crippen molar-refractivity contribution in [3.05, 3.63) is 35.4 Å². The van der Waals surface area contributed by atoms with E-state index in [1.807, 2.05) is 25.1 Å². The number of hydrogen-bond acceptors (Lipinski definition) is 2. The van der Waals surface area contributed by atoms with E-state index in [2.05, 4.69) is 34.8 Å². The van der Waals surface area contributed by atoms with Gasteiger partial charge in [-0.3, -0.25) is 4.79 Å². The topological polar surface area (TPSA) is 65.5 Å². The molecule has 0 unspecified atom stereocenters. The number of aliphatic imine (C=N–C) groups is 1. The van der Waals surface area contributed by atoms with Gasteiger partial charge in [0.05, 0.1) is 6.54 Å². The van der Waals surface area contributed by atoms with Crippen LogP contribution in [0.5, 0.6) is 0 Å². The highest BCUT2D eigenvalue weighted by Crippen LogP contribution is 2.06. The Morgan fingerprint density at radius 1 is 1.35 bits per heavy atom. The monoisotopic (exact) mass is 276 g/mol. The van der Waals surface area contributed by atoms with Gasteiger partial charge >= 0.3 is 0 Å². The fraction of sp³-hybridized carbons (Fsp3) is 0.467. The third-order valence-electron chi connectivity index (χ3n) is 2.61. The minimum atomic E-state index is -0.0805. The molecule has 1 aromatic rings. The first-order chi connectivity index (χ1) is 9.56. The average Bonchev–Trinajstić information content (AvgIpc) is 2.44. The van der Waals surface area contributed by atoms with Gasteiger partial charge in [-0.05, 0) is 38.5 Å². The van der Waals surface area contributed by atoms with Gasteiger partial charge in [0, 0.05) is 25.2 Å². The Morgan fingerprint density at radius 2 is 2.10 bits per heavy atom. The van der Waals surface area contributed by atoms with Crippen LogP contribution in [0, 0.1) is 0 Å². The van der Waals surface area contributed by atoms with Crippen molar-refractivity contribution >= 4 is 11.9 Å². The van der Waals surface area contributed by atoms with E-state index in [9.17, 15) is 4.79 Å². The van der Waals surface area contributed by atoms with Crippen LogP contribution in [0.3, 0.4) is 0 Å². The molecule has 0 aliphatic carbocycles. The molecule has 0 atom stereocenters. The minimum Gasteiger partial charge on any atom is -0.357 e. The van der Waals surface area contributed by atoms with Crippen LogP contribution in [-0.2, 0) is 6.54 Å². The van der Waals surface area contributed by atoms with Crippen molar-refractivity contribution in [1.82, 2.24) is 16.0 Å². The van der Waals surface area contributed by atoms with E-state index in [0.717, 1.165) is 18.1 Å². The van der Waals surface area contributed by atoms with Gasteiger partial charge in [0.25, 0.3) is 5.91 Å². The molecule has 0 radical (unpaired) electrons. The summed E-state index contributed by atoms with van der Waals surface area (Å²) in [6.07, 6.45) is 0. The molecule has 0 aromatic heterocycles. The number of benzene rings is 1. The molecule has 0 aliphatic heterocycles. The molecule has 20 heavy (non-hydrogen) atoms. The fourth-order valence-corrected chi connectivity index (χ4v) is 1.72. The van der Waals surface area contributed by atoms with Crippen LogP contribution >= 0.6 is 0 Å². The predicted molar refractivity (Wildman–Crippen MR) is 82.9 cm³/mol. The zero-order valence-corrected chi connectivity index (χ0v) is 12.7. The van der Waals surface area contributed by atoms with Crippen molar-refractivity contribution in [2.24, 2.45) is 4.99 Å². The largest absolute Gasteiger partial charge is 0.357 e. The normalized spacial score (nSPS) is 11.3. The van der Waals surface area contributed by atoms with Gasteiger partial charge in [-0.25, -0.2) is 4.99 Å². The fourth-order valence-electron chi connectivity index (χ4n) is 1.72. The number of nitrogens with zero attached hydrogens (tertiary/aromatic N) is 1. The van der Waals surface area contributed by atoms with E-state index in [1.165, 1.54) is 0 Å². The summed E-state index contributed by atoms with van der Waals surface area (Å²) in [5.74, 6) is 0.705. The zero-order chi connectivity index (χ0) is 15.0. The van der Waals surface area contributed by atoms with Crippen LogP contribution in [-0.4, -0.2) is 31.5 Å². The van der Waals surface area contributed by atoms with Gasteiger partial charge < -0.3 is 16.0 Å². The number of guanidine groups is 1. The van der Waals surface area contributed by atoms with Gasteiger partial charge in [0.1, 0.15) is 0 Å². The van der Waals surface area contributed by atoms with Crippen LogP contribution < -0.4 is 16.0 Å². The smallest absolute Gasteiger partial charge is 0.251 e. The van der Waals surface area contributed by atoms with Crippen molar-refractivity contribution in [1.29, 1.82) is 0 Å². The Bertz CT molecular complexity index is 469. The highest BCUT2D eigenvalue weighted by Gasteiger charge is 2.04. The minimum absolute atomic E-state index is 0.0805. The Morgan fingerprint density at radius 3 is 2.70 bits per heavy atom. The highest BCUT2D eigenvalue weighted by atomic mass is 16.1. The van der Waals surface area contributed by atoms with Crippen molar-refractivity contribution < 1.29 is 4.79 Å². The van der Waals surface area contributed by atoms with E-state index < -0.39 is 0 Å². The Kier molecular flexibility index (Phi) is 6.56. The maximum Gasteiger partial charge on any atom is 0.251 e. The van der Waals surface area contributed by atoms with Crippen molar-refractivity contribution in [3.8, 4) is 0 Å². The summed E-state index contributed by atoms with van der Waals surface area (Å²) in [6, 6.07) is 7.82. The van der Waals surface area contributed by atoms with E-state index >= 15 is 0 Å². The molecule has 1 rings (SSSR count). The zero-order valence-electron chi connectivity index (χ0n) is 12.7. The number of carbonyl (C=O) groups excluding carboxylic acids is 1. The number of carbonyl (C=O) groups is 1. The van der Waals surface area contributed by atoms with E-state index in [4.69, 9.17) is 0 Å². The third-order valence-corrected chi connectivity index (χ3v) is 2.61. The lowest BCUT2D eigenvalue weighted by molar-refractivity contribution is 0.0963. The first-order valence-corrected chi connectivity index (χ1v) is 6.92. The molecule has 5 nitrogen and oxygen atoms in total. The van der Waals surface area contributed by atoms with Crippen molar-refractivity contribution in [3.63, 3.8) is 0 Å². The molecule has 0 saturated carbocycles. The summed E-state index contributed by atoms with van der Waals surface area (Å²) >= 11 is 0. The number of rotatable bonds is 5. The summed E-state index contributed by atoms with van der Waals surface area (Å²) in [5, 5.41) is 9.07. The number of amides is 1. The van der Waals surface area contributed by atoms with Crippen LogP contribution in [0.15, 0.2) is 29.3 Å². The van der Waals surface area contributed by atoms with Gasteiger partial charge in [0.15, 0.2) is 5.96 Å². The second kappa shape index (κ2) is 8.19. The van der Waals surface area contributed by atoms with Gasteiger partial charge in [-0.15, -0.1) is 0 Å². The molecule has 0 bridgehead atoms. The summed E-state index contributed by atoms with van der Waals surface area (Å²) in [5.41, 5.74) is 1.66. The number of hydrogen-bond donors (Lipinski definition) is 3. The molecule has 0 spiro atoms. The third kappa shape index (κ3) is 5.30. The van der Waals surface area contributed by atoms with Gasteiger partial charge in [0.2, 0.25) is 0 Å². The summed E-state index contributed by atoms with van der Waals surface area (Å²) in [4.78, 5) is 16.1. The first-order valence-electron chi connectivity index (χ1n) is 6.92. The second-order valence-electron chi connectivity index (χ2n) is 4.77. The van der Waals surface area contributed by atoms with Crippen molar-refractivity contribution in [2.45, 2.75) is 33.4 Å². The highest BCUT2D eigenvalue weighted by molar-refractivity contribution is 5.94. The van der Waals surface area contributed by atoms with E-state index in [-0.39, 0.29) is 5.91 Å². The molecule has 5 heteroatoms. The summed E-state index contributed by atoms with van der Waals surface area (Å²) < 4.78 is 0. The summed E-state index contributed by atoms with van der Waals surface area (Å²) in [7, 11) is 1.63. The Labute approximate surface area is 120 Å². The van der Waals surface area contributed by atoms with Crippen LogP contribution in [0.2, 0.25) is 0 Å². The van der Waals surface area contributed by atoms with E-state index in [1.54, 1.807) is 13.1 Å². The van der Waals surface area contributed by atoms with Gasteiger partial charge in [-0.1, -0.05) is 12.1 Å². The molecule has 0 aliphatic rings. The molecule has 110 valence electrons. The molecule has 0 saturated heterocycles. The Balaban J connectivity index is 2.78. The van der Waals surface area contributed by atoms with E-state index in [0.29, 0.717) is 18.2 Å². The maximum atomic E-state index is 11.6. The molecule has 3 N–H and O–H groups in total. The lowest BCUT2D eigenvalue weighted by Gasteiger charge is -2.14. The molecular formula is C15H24N4O. The summed E-state index contributed by atoms with van der Waals surface area (Å²) in [6.45, 7) is 7.52. The molecule has 1 amide bonds. The van der Waals surface area contributed by atoms with Gasteiger partial charge in [-0.2, -0.15) is 0 Å². The lowest BCUT2D eigenvalue weighted by atomic mass is 10.1. The molecule has 0 heterocycles. The maximum absolute atomic E-state index is 11.6. The van der Waals surface area contributed by atoms with Crippen LogP contribution in [0.25, 0.3) is 0 Å². The quantitative estimate of drug-likeness (QED) is 0.564. The molecule has 0 fully saturated rings. The average molecular weight is 276 g/mol. The first kappa shape index (κ1) is 16.0. The SMILES string of the molecule is CCNC(=NCc1cccc(C(=O)NC)c1)NC(C)C. The van der Waals surface area contributed by atoms with Crippen LogP contribution in [0.4, 0.5) is 0 Å². The molecule has 1 aromatic carbocycles. The molecular weight excluding hydrogens is 252 g/mol. The lowest BCUT2D eigenvalue weighted by Crippen LogP contribution is -2.41. The second-order valence-corrected chi connectivity index (χ2v) is 4.77. The Hall–Kier alpha value is -2.04.